The fraction of sp³-hybridized carbons (Fsp3) is 0.310. The second-order valence-corrected chi connectivity index (χ2v) is 11.0. The fourth-order valence-electron chi connectivity index (χ4n) is 5.04. The third-order valence-corrected chi connectivity index (χ3v) is 7.83. The summed E-state index contributed by atoms with van der Waals surface area (Å²) in [5.41, 5.74) is 4.18. The zero-order chi connectivity index (χ0) is 29.0. The first-order valence-corrected chi connectivity index (χ1v) is 14.2. The monoisotopic (exact) mass is 567 g/mol. The minimum absolute atomic E-state index is 0.0429. The maximum atomic E-state index is 13.4. The van der Waals surface area contributed by atoms with Crippen molar-refractivity contribution in [2.24, 2.45) is 5.14 Å². The summed E-state index contributed by atoms with van der Waals surface area (Å²) in [7, 11) is 0.890. The van der Waals surface area contributed by atoms with Crippen LogP contribution in [0.15, 0.2) is 58.2 Å². The van der Waals surface area contributed by atoms with E-state index in [-0.39, 0.29) is 16.2 Å². The van der Waals surface area contributed by atoms with Crippen molar-refractivity contribution in [1.29, 1.82) is 0 Å². The van der Waals surface area contributed by atoms with E-state index in [1.165, 1.54) is 26.2 Å². The van der Waals surface area contributed by atoms with Crippen molar-refractivity contribution in [3.63, 3.8) is 0 Å². The summed E-state index contributed by atoms with van der Waals surface area (Å²) in [5, 5.41) is 11.4. The fourth-order valence-corrected chi connectivity index (χ4v) is 5.56. The van der Waals surface area contributed by atoms with E-state index in [0.29, 0.717) is 54.3 Å². The number of nitrogens with two attached hydrogens (primary N) is 1. The number of anilines is 1. The van der Waals surface area contributed by atoms with Gasteiger partial charge in [-0.3, -0.25) is 9.59 Å². The second kappa shape index (κ2) is 12.0. The molecule has 3 aromatic carbocycles. The van der Waals surface area contributed by atoms with Crippen molar-refractivity contribution < 1.29 is 27.4 Å². The molecule has 4 rings (SSSR count). The maximum absolute atomic E-state index is 13.4. The minimum Gasteiger partial charge on any atom is -0.493 e. The molecule has 1 aliphatic rings. The van der Waals surface area contributed by atoms with E-state index in [4.69, 9.17) is 19.3 Å². The third-order valence-electron chi connectivity index (χ3n) is 6.90. The molecule has 0 fully saturated rings. The van der Waals surface area contributed by atoms with Gasteiger partial charge in [-0.1, -0.05) is 18.2 Å². The number of sulfonamides is 1. The van der Waals surface area contributed by atoms with Crippen LogP contribution in [0.2, 0.25) is 0 Å². The SMILES string of the molecule is COc1cc2c(c(OC)c1OC)-c1ccc(NCCc3ccc(S(N)(=O)=O)cc3)c(=O)cc1C(NC(C)=O)CC2. The van der Waals surface area contributed by atoms with Gasteiger partial charge in [0.25, 0.3) is 0 Å². The number of carbonyl (C=O) groups is 1. The van der Waals surface area contributed by atoms with Crippen molar-refractivity contribution >= 4 is 21.6 Å². The van der Waals surface area contributed by atoms with Crippen molar-refractivity contribution in [2.45, 2.75) is 37.1 Å². The number of fused-ring (bicyclic) bond motifs is 3. The lowest BCUT2D eigenvalue weighted by atomic mass is 9.95. The standard InChI is InChI=1S/C29H33N3O7S/c1-17(33)32-23-11-7-19-15-26(37-2)28(38-3)29(39-4)27(19)21-10-12-24(25(34)16-22(21)23)31-14-13-18-5-8-20(9-6-18)40(30,35)36/h5-6,8-10,12,15-16,23H,7,11,13-14H2,1-4H3,(H,31,34)(H,32,33)(H2,30,35,36). The van der Waals surface area contributed by atoms with Gasteiger partial charge in [-0.15, -0.1) is 0 Å². The van der Waals surface area contributed by atoms with E-state index < -0.39 is 16.1 Å². The normalized spacial score (nSPS) is 14.3. The molecular formula is C29H33N3O7S. The molecule has 0 aliphatic heterocycles. The third kappa shape index (κ3) is 6.05. The van der Waals surface area contributed by atoms with Gasteiger partial charge < -0.3 is 24.8 Å². The molecule has 10 nitrogen and oxygen atoms in total. The molecule has 0 saturated carbocycles. The van der Waals surface area contributed by atoms with Crippen LogP contribution in [0.4, 0.5) is 5.69 Å². The zero-order valence-corrected chi connectivity index (χ0v) is 23.7. The van der Waals surface area contributed by atoms with Gasteiger partial charge in [0.05, 0.1) is 38.0 Å². The van der Waals surface area contributed by atoms with Gasteiger partial charge in [0.15, 0.2) is 11.5 Å². The van der Waals surface area contributed by atoms with Crippen LogP contribution in [-0.4, -0.2) is 42.2 Å². The number of aryl methyl sites for hydroxylation is 1. The van der Waals surface area contributed by atoms with Crippen molar-refractivity contribution in [3.8, 4) is 28.4 Å². The average Bonchev–Trinajstić information content (AvgIpc) is 3.16. The van der Waals surface area contributed by atoms with Gasteiger partial charge in [-0.25, -0.2) is 13.6 Å². The predicted molar refractivity (Wildman–Crippen MR) is 153 cm³/mol. The molecule has 0 saturated heterocycles. The van der Waals surface area contributed by atoms with Gasteiger partial charge in [0, 0.05) is 19.0 Å². The van der Waals surface area contributed by atoms with Crippen LogP contribution in [-0.2, 0) is 27.7 Å². The summed E-state index contributed by atoms with van der Waals surface area (Å²) >= 11 is 0. The lowest BCUT2D eigenvalue weighted by Crippen LogP contribution is -2.26. The van der Waals surface area contributed by atoms with Gasteiger partial charge in [-0.05, 0) is 71.8 Å². The highest BCUT2D eigenvalue weighted by atomic mass is 32.2. The minimum atomic E-state index is -3.76. The van der Waals surface area contributed by atoms with Gasteiger partial charge in [-0.2, -0.15) is 0 Å². The molecule has 4 N–H and O–H groups in total. The van der Waals surface area contributed by atoms with Crippen LogP contribution >= 0.6 is 0 Å². The van der Waals surface area contributed by atoms with Crippen LogP contribution in [0, 0.1) is 0 Å². The van der Waals surface area contributed by atoms with Crippen LogP contribution in [0.25, 0.3) is 11.1 Å². The van der Waals surface area contributed by atoms with Crippen molar-refractivity contribution in [3.05, 3.63) is 75.4 Å². The Hall–Kier alpha value is -4.09. The van der Waals surface area contributed by atoms with Crippen molar-refractivity contribution in [2.75, 3.05) is 33.2 Å². The number of methoxy groups -OCH3 is 3. The number of amides is 1. The van der Waals surface area contributed by atoms with Gasteiger partial charge in [0.2, 0.25) is 27.1 Å². The Balaban J connectivity index is 1.75. The Labute approximate surface area is 233 Å². The number of primary sulfonamides is 1. The highest BCUT2D eigenvalue weighted by Gasteiger charge is 2.29. The Bertz CT molecular complexity index is 1590. The second-order valence-electron chi connectivity index (χ2n) is 9.46. The van der Waals surface area contributed by atoms with Crippen LogP contribution in [0.3, 0.4) is 0 Å². The molecular weight excluding hydrogens is 534 g/mol. The summed E-state index contributed by atoms with van der Waals surface area (Å²) in [6.07, 6.45) is 1.72. The van der Waals surface area contributed by atoms with E-state index in [0.717, 1.165) is 22.3 Å². The molecule has 0 aromatic heterocycles. The molecule has 0 heterocycles. The summed E-state index contributed by atoms with van der Waals surface area (Å²) in [6, 6.07) is 12.9. The Morgan fingerprint density at radius 1 is 1.00 bits per heavy atom. The molecule has 1 aliphatic carbocycles. The van der Waals surface area contributed by atoms with E-state index >= 15 is 0 Å². The highest BCUT2D eigenvalue weighted by molar-refractivity contribution is 7.89. The summed E-state index contributed by atoms with van der Waals surface area (Å²) < 4.78 is 40.0. The van der Waals surface area contributed by atoms with Crippen LogP contribution < -0.4 is 35.4 Å². The van der Waals surface area contributed by atoms with Gasteiger partial charge in [0.1, 0.15) is 0 Å². The van der Waals surface area contributed by atoms with Gasteiger partial charge >= 0.3 is 0 Å². The molecule has 1 unspecified atom stereocenters. The average molecular weight is 568 g/mol. The van der Waals surface area contributed by atoms with E-state index in [9.17, 15) is 18.0 Å². The number of ether oxygens (including phenoxy) is 3. The molecule has 3 aromatic rings. The quantitative estimate of drug-likeness (QED) is 0.357. The van der Waals surface area contributed by atoms with E-state index in [2.05, 4.69) is 10.6 Å². The molecule has 212 valence electrons. The topological polar surface area (TPSA) is 146 Å². The molecule has 40 heavy (non-hydrogen) atoms. The highest BCUT2D eigenvalue weighted by Crippen LogP contribution is 2.50. The Kier molecular flexibility index (Phi) is 8.65. The number of hydrogen-bond donors (Lipinski definition) is 3. The number of rotatable bonds is 9. The lowest BCUT2D eigenvalue weighted by Gasteiger charge is -2.19. The number of carbonyl (C=O) groups excluding carboxylic acids is 1. The number of benzene rings is 2. The number of nitrogens with one attached hydrogen (secondary N) is 2. The Morgan fingerprint density at radius 2 is 1.70 bits per heavy atom. The zero-order valence-electron chi connectivity index (χ0n) is 22.9. The summed E-state index contributed by atoms with van der Waals surface area (Å²) in [5.74, 6) is 1.25. The number of hydrogen-bond acceptors (Lipinski definition) is 8. The first-order valence-electron chi connectivity index (χ1n) is 12.7. The smallest absolute Gasteiger partial charge is 0.238 e. The first kappa shape index (κ1) is 28.9. The molecule has 0 spiro atoms. The molecule has 11 heteroatoms. The molecule has 0 radical (unpaired) electrons. The molecule has 1 amide bonds. The molecule has 1 atom stereocenters. The Morgan fingerprint density at radius 3 is 2.30 bits per heavy atom. The van der Waals surface area contributed by atoms with Crippen LogP contribution in [0.5, 0.6) is 17.2 Å². The first-order chi connectivity index (χ1) is 19.1. The summed E-state index contributed by atoms with van der Waals surface area (Å²) in [4.78, 5) is 25.5. The van der Waals surface area contributed by atoms with E-state index in [1.807, 2.05) is 12.1 Å². The summed E-state index contributed by atoms with van der Waals surface area (Å²) in [6.45, 7) is 1.88. The van der Waals surface area contributed by atoms with E-state index in [1.54, 1.807) is 38.5 Å². The predicted octanol–water partition coefficient (Wildman–Crippen LogP) is 3.17. The maximum Gasteiger partial charge on any atom is 0.238 e. The molecule has 0 bridgehead atoms. The van der Waals surface area contributed by atoms with Crippen LogP contribution in [0.1, 0.15) is 36.1 Å². The lowest BCUT2D eigenvalue weighted by molar-refractivity contribution is -0.119. The largest absolute Gasteiger partial charge is 0.493 e. The van der Waals surface area contributed by atoms with Crippen molar-refractivity contribution in [1.82, 2.24) is 5.32 Å².